The molecule has 8 heteroatoms. The van der Waals surface area contributed by atoms with Gasteiger partial charge in [0.2, 0.25) is 10.0 Å². The molecule has 1 atom stereocenters. The predicted molar refractivity (Wildman–Crippen MR) is 117 cm³/mol. The van der Waals surface area contributed by atoms with Crippen molar-refractivity contribution < 1.29 is 22.7 Å². The Labute approximate surface area is 183 Å². The Balaban J connectivity index is 1.44. The summed E-state index contributed by atoms with van der Waals surface area (Å²) in [5.41, 5.74) is 1.72. The van der Waals surface area contributed by atoms with Gasteiger partial charge in [-0.25, -0.2) is 8.42 Å². The third-order valence-corrected chi connectivity index (χ3v) is 7.46. The largest absolute Gasteiger partial charge is 0.487 e. The van der Waals surface area contributed by atoms with Crippen LogP contribution in [0.15, 0.2) is 48.5 Å². The number of nitrogens with one attached hydrogen (secondary N) is 1. The normalized spacial score (nSPS) is 21.0. The minimum absolute atomic E-state index is 0.0869. The number of carbonyl (C=O) groups is 1. The molecule has 0 spiro atoms. The first-order valence-corrected chi connectivity index (χ1v) is 12.1. The van der Waals surface area contributed by atoms with E-state index in [1.807, 2.05) is 38.1 Å². The Kier molecular flexibility index (Phi) is 6.05. The molecule has 1 amide bonds. The highest BCUT2D eigenvalue weighted by Crippen LogP contribution is 2.39. The topological polar surface area (TPSA) is 84.9 Å². The first kappa shape index (κ1) is 21.8. The monoisotopic (exact) mass is 444 g/mol. The average molecular weight is 445 g/mol. The fourth-order valence-corrected chi connectivity index (χ4v) is 5.55. The van der Waals surface area contributed by atoms with Crippen molar-refractivity contribution in [1.29, 1.82) is 0 Å². The molecule has 2 aromatic rings. The number of rotatable bonds is 5. The molecule has 0 saturated carbocycles. The van der Waals surface area contributed by atoms with Gasteiger partial charge in [-0.15, -0.1) is 0 Å². The molecule has 2 aliphatic heterocycles. The maximum Gasteiger partial charge on any atom is 0.251 e. The first-order valence-electron chi connectivity index (χ1n) is 10.5. The summed E-state index contributed by atoms with van der Waals surface area (Å²) in [6, 6.07) is 14.3. The third-order valence-electron chi connectivity index (χ3n) is 5.61. The fraction of sp³-hybridized carbons (Fsp3) is 0.435. The Hall–Kier alpha value is -2.42. The molecule has 0 unspecified atom stereocenters. The van der Waals surface area contributed by atoms with Crippen LogP contribution in [0.3, 0.4) is 0 Å². The Morgan fingerprint density at radius 1 is 1.10 bits per heavy atom. The van der Waals surface area contributed by atoms with Crippen LogP contribution in [0.1, 0.15) is 47.8 Å². The van der Waals surface area contributed by atoms with Crippen molar-refractivity contribution in [3.8, 4) is 5.75 Å². The van der Waals surface area contributed by atoms with E-state index in [2.05, 4.69) is 5.32 Å². The minimum Gasteiger partial charge on any atom is -0.487 e. The van der Waals surface area contributed by atoms with Crippen LogP contribution >= 0.6 is 0 Å². The SMILES string of the molecule is CC1(C)C[C@@H](NC(=O)c2ccc(CS(=O)(=O)N3CCOCC3)cc2)c2ccccc2O1. The van der Waals surface area contributed by atoms with Gasteiger partial charge in [0.25, 0.3) is 5.91 Å². The van der Waals surface area contributed by atoms with Gasteiger partial charge >= 0.3 is 0 Å². The smallest absolute Gasteiger partial charge is 0.251 e. The molecule has 1 fully saturated rings. The van der Waals surface area contributed by atoms with Crippen LogP contribution < -0.4 is 10.1 Å². The van der Waals surface area contributed by atoms with Crippen LogP contribution in [0, 0.1) is 0 Å². The molecule has 1 N–H and O–H groups in total. The van der Waals surface area contributed by atoms with E-state index in [9.17, 15) is 13.2 Å². The molecule has 0 aromatic heterocycles. The van der Waals surface area contributed by atoms with Gasteiger partial charge < -0.3 is 14.8 Å². The molecule has 2 heterocycles. The van der Waals surface area contributed by atoms with E-state index in [0.29, 0.717) is 43.9 Å². The van der Waals surface area contributed by atoms with Gasteiger partial charge in [-0.05, 0) is 37.6 Å². The predicted octanol–water partition coefficient (Wildman–Crippen LogP) is 2.88. The molecule has 0 bridgehead atoms. The summed E-state index contributed by atoms with van der Waals surface area (Å²) in [7, 11) is -3.40. The van der Waals surface area contributed by atoms with E-state index in [4.69, 9.17) is 9.47 Å². The van der Waals surface area contributed by atoms with Gasteiger partial charge in [-0.1, -0.05) is 30.3 Å². The Bertz CT molecular complexity index is 1040. The summed E-state index contributed by atoms with van der Waals surface area (Å²) in [4.78, 5) is 12.9. The van der Waals surface area contributed by atoms with Crippen molar-refractivity contribution in [2.24, 2.45) is 0 Å². The standard InChI is InChI=1S/C23H28N2O5S/c1-23(2)15-20(19-5-3-4-6-21(19)30-23)24-22(26)18-9-7-17(8-10-18)16-31(27,28)25-11-13-29-14-12-25/h3-10,20H,11-16H2,1-2H3,(H,24,26)/t20-/m1/s1. The molecule has 2 aliphatic rings. The number of morpholine rings is 1. The van der Waals surface area contributed by atoms with Crippen molar-refractivity contribution in [2.75, 3.05) is 26.3 Å². The number of fused-ring (bicyclic) bond motifs is 1. The maximum absolute atomic E-state index is 12.9. The van der Waals surface area contributed by atoms with E-state index in [-0.39, 0.29) is 23.3 Å². The van der Waals surface area contributed by atoms with Gasteiger partial charge in [0.1, 0.15) is 11.4 Å². The number of amides is 1. The highest BCUT2D eigenvalue weighted by Gasteiger charge is 2.34. The molecule has 7 nitrogen and oxygen atoms in total. The number of nitrogens with zero attached hydrogens (tertiary/aromatic N) is 1. The zero-order valence-corrected chi connectivity index (χ0v) is 18.7. The zero-order chi connectivity index (χ0) is 22.1. The summed E-state index contributed by atoms with van der Waals surface area (Å²) in [6.45, 7) is 5.62. The summed E-state index contributed by atoms with van der Waals surface area (Å²) in [6.07, 6.45) is 0.658. The van der Waals surface area contributed by atoms with Crippen molar-refractivity contribution in [1.82, 2.24) is 9.62 Å². The van der Waals surface area contributed by atoms with Crippen molar-refractivity contribution in [2.45, 2.75) is 37.7 Å². The van der Waals surface area contributed by atoms with Crippen molar-refractivity contribution in [3.63, 3.8) is 0 Å². The molecule has 31 heavy (non-hydrogen) atoms. The second-order valence-corrected chi connectivity index (χ2v) is 10.6. The summed E-state index contributed by atoms with van der Waals surface area (Å²) in [5.74, 6) is 0.504. The summed E-state index contributed by atoms with van der Waals surface area (Å²) >= 11 is 0. The lowest BCUT2D eigenvalue weighted by Gasteiger charge is -2.37. The highest BCUT2D eigenvalue weighted by atomic mass is 32.2. The lowest BCUT2D eigenvalue weighted by molar-refractivity contribution is 0.0619. The number of sulfonamides is 1. The van der Waals surface area contributed by atoms with E-state index in [1.54, 1.807) is 24.3 Å². The quantitative estimate of drug-likeness (QED) is 0.767. The Morgan fingerprint density at radius 3 is 2.48 bits per heavy atom. The molecule has 0 radical (unpaired) electrons. The second-order valence-electron chi connectivity index (χ2n) is 8.59. The lowest BCUT2D eigenvalue weighted by atomic mass is 9.89. The van der Waals surface area contributed by atoms with Crippen LogP contribution in [-0.2, 0) is 20.5 Å². The summed E-state index contributed by atoms with van der Waals surface area (Å²) in [5, 5.41) is 3.11. The molecule has 166 valence electrons. The number of hydrogen-bond acceptors (Lipinski definition) is 5. The van der Waals surface area contributed by atoms with Crippen molar-refractivity contribution >= 4 is 15.9 Å². The minimum atomic E-state index is -3.40. The van der Waals surface area contributed by atoms with E-state index in [0.717, 1.165) is 11.3 Å². The van der Waals surface area contributed by atoms with Gasteiger partial charge in [-0.2, -0.15) is 4.31 Å². The maximum atomic E-state index is 12.9. The van der Waals surface area contributed by atoms with Crippen molar-refractivity contribution in [3.05, 3.63) is 65.2 Å². The average Bonchev–Trinajstić information content (AvgIpc) is 2.74. The van der Waals surface area contributed by atoms with Crippen LogP contribution in [-0.4, -0.2) is 50.5 Å². The second kappa shape index (κ2) is 8.61. The fourth-order valence-electron chi connectivity index (χ4n) is 4.05. The van der Waals surface area contributed by atoms with Gasteiger partial charge in [-0.3, -0.25) is 4.79 Å². The number of ether oxygens (including phenoxy) is 2. The molecule has 2 aromatic carbocycles. The number of hydrogen-bond donors (Lipinski definition) is 1. The molecule has 0 aliphatic carbocycles. The number of para-hydroxylation sites is 1. The van der Waals surface area contributed by atoms with E-state index in [1.165, 1.54) is 4.31 Å². The Morgan fingerprint density at radius 2 is 1.77 bits per heavy atom. The summed E-state index contributed by atoms with van der Waals surface area (Å²) < 4.78 is 37.9. The van der Waals surface area contributed by atoms with Crippen LogP contribution in [0.2, 0.25) is 0 Å². The molecule has 1 saturated heterocycles. The van der Waals surface area contributed by atoms with Crippen LogP contribution in [0.4, 0.5) is 0 Å². The van der Waals surface area contributed by atoms with Gasteiger partial charge in [0.05, 0.1) is 25.0 Å². The molecule has 4 rings (SSSR count). The zero-order valence-electron chi connectivity index (χ0n) is 17.8. The van der Waals surface area contributed by atoms with Crippen LogP contribution in [0.25, 0.3) is 0 Å². The van der Waals surface area contributed by atoms with E-state index >= 15 is 0 Å². The van der Waals surface area contributed by atoms with E-state index < -0.39 is 10.0 Å². The van der Waals surface area contributed by atoms with Gasteiger partial charge in [0.15, 0.2) is 0 Å². The highest BCUT2D eigenvalue weighted by molar-refractivity contribution is 7.88. The van der Waals surface area contributed by atoms with Gasteiger partial charge in [0, 0.05) is 30.6 Å². The molecular formula is C23H28N2O5S. The molecular weight excluding hydrogens is 416 g/mol. The third kappa shape index (κ3) is 5.08. The van der Waals surface area contributed by atoms with Crippen LogP contribution in [0.5, 0.6) is 5.75 Å². The first-order chi connectivity index (χ1) is 14.7. The lowest BCUT2D eigenvalue weighted by Crippen LogP contribution is -2.41. The number of benzene rings is 2. The number of carbonyl (C=O) groups excluding carboxylic acids is 1.